The molecule has 0 bridgehead atoms. The molecule has 5 heteroatoms. The van der Waals surface area contributed by atoms with Gasteiger partial charge < -0.3 is 10.5 Å². The van der Waals surface area contributed by atoms with Gasteiger partial charge in [0.05, 0.1) is 0 Å². The fraction of sp³-hybridized carbons (Fsp3) is 0.0769. The first-order chi connectivity index (χ1) is 8.56. The van der Waals surface area contributed by atoms with Crippen LogP contribution in [0.25, 0.3) is 0 Å². The van der Waals surface area contributed by atoms with Crippen LogP contribution in [-0.4, -0.2) is 10.8 Å². The van der Waals surface area contributed by atoms with Crippen molar-refractivity contribution in [1.29, 1.82) is 5.41 Å². The van der Waals surface area contributed by atoms with Crippen molar-refractivity contribution in [2.45, 2.75) is 6.92 Å². The molecule has 0 radical (unpaired) electrons. The average molecular weight is 306 g/mol. The molecule has 1 heterocycles. The van der Waals surface area contributed by atoms with Gasteiger partial charge in [0.2, 0.25) is 5.88 Å². The molecular weight excluding hydrogens is 294 g/mol. The van der Waals surface area contributed by atoms with E-state index in [0.717, 1.165) is 10.0 Å². The topological polar surface area (TPSA) is 72.0 Å². The zero-order chi connectivity index (χ0) is 13.1. The first kappa shape index (κ1) is 12.6. The van der Waals surface area contributed by atoms with E-state index in [1.807, 2.05) is 25.1 Å². The molecule has 1 aromatic heterocycles. The van der Waals surface area contributed by atoms with Crippen LogP contribution in [0.15, 0.2) is 41.0 Å². The molecule has 0 fully saturated rings. The predicted octanol–water partition coefficient (Wildman–Crippen LogP) is 3.23. The molecule has 0 aliphatic carbocycles. The monoisotopic (exact) mass is 305 g/mol. The van der Waals surface area contributed by atoms with E-state index < -0.39 is 0 Å². The Hall–Kier alpha value is -1.88. The van der Waals surface area contributed by atoms with E-state index in [-0.39, 0.29) is 5.84 Å². The summed E-state index contributed by atoms with van der Waals surface area (Å²) >= 11 is 3.43. The smallest absolute Gasteiger partial charge is 0.219 e. The zero-order valence-corrected chi connectivity index (χ0v) is 11.4. The van der Waals surface area contributed by atoms with Crippen LogP contribution in [0.5, 0.6) is 11.6 Å². The molecule has 0 aliphatic rings. The number of halogens is 1. The molecule has 0 aliphatic heterocycles. The van der Waals surface area contributed by atoms with Gasteiger partial charge in [0.1, 0.15) is 11.6 Å². The normalized spacial score (nSPS) is 10.1. The second-order valence-electron chi connectivity index (χ2n) is 3.81. The number of benzene rings is 1. The highest BCUT2D eigenvalue weighted by Crippen LogP contribution is 2.25. The van der Waals surface area contributed by atoms with Gasteiger partial charge in [-0.25, -0.2) is 4.98 Å². The fourth-order valence-corrected chi connectivity index (χ4v) is 1.68. The predicted molar refractivity (Wildman–Crippen MR) is 74.2 cm³/mol. The molecule has 0 saturated carbocycles. The summed E-state index contributed by atoms with van der Waals surface area (Å²) in [5.41, 5.74) is 7.08. The molecule has 2 rings (SSSR count). The summed E-state index contributed by atoms with van der Waals surface area (Å²) in [4.78, 5) is 4.08. The van der Waals surface area contributed by atoms with Gasteiger partial charge in [-0.05, 0) is 36.8 Å². The van der Waals surface area contributed by atoms with Crippen molar-refractivity contribution in [2.75, 3.05) is 0 Å². The molecule has 4 nitrogen and oxygen atoms in total. The highest BCUT2D eigenvalue weighted by Gasteiger charge is 2.03. The van der Waals surface area contributed by atoms with E-state index in [1.165, 1.54) is 0 Å². The van der Waals surface area contributed by atoms with Gasteiger partial charge in [-0.1, -0.05) is 15.9 Å². The standard InChI is InChI=1S/C13H12BrN3O/c1-8-6-10(2-3-11(8)14)18-12-7-9(13(15)16)4-5-17-12/h2-7H,1H3,(H3,15,16). The molecule has 0 atom stereocenters. The molecule has 3 N–H and O–H groups in total. The number of nitrogens with two attached hydrogens (primary N) is 1. The van der Waals surface area contributed by atoms with Crippen LogP contribution in [0.4, 0.5) is 0 Å². The van der Waals surface area contributed by atoms with E-state index in [2.05, 4.69) is 20.9 Å². The molecule has 1 aromatic carbocycles. The summed E-state index contributed by atoms with van der Waals surface area (Å²) in [6.45, 7) is 1.98. The molecule has 0 spiro atoms. The highest BCUT2D eigenvalue weighted by molar-refractivity contribution is 9.10. The van der Waals surface area contributed by atoms with Crippen LogP contribution in [0.2, 0.25) is 0 Å². The Bertz CT molecular complexity index is 599. The second kappa shape index (κ2) is 5.18. The van der Waals surface area contributed by atoms with Gasteiger partial charge in [-0.2, -0.15) is 0 Å². The Balaban J connectivity index is 2.25. The van der Waals surface area contributed by atoms with E-state index in [9.17, 15) is 0 Å². The average Bonchev–Trinajstić information content (AvgIpc) is 2.34. The molecule has 0 unspecified atom stereocenters. The van der Waals surface area contributed by atoms with Crippen molar-refractivity contribution in [1.82, 2.24) is 4.98 Å². The number of aryl methyl sites for hydroxylation is 1. The van der Waals surface area contributed by atoms with Crippen LogP contribution in [0.1, 0.15) is 11.1 Å². The van der Waals surface area contributed by atoms with Crippen molar-refractivity contribution >= 4 is 21.8 Å². The first-order valence-electron chi connectivity index (χ1n) is 5.31. The lowest BCUT2D eigenvalue weighted by atomic mass is 10.2. The number of aromatic nitrogens is 1. The van der Waals surface area contributed by atoms with Crippen molar-refractivity contribution < 1.29 is 4.74 Å². The molecule has 18 heavy (non-hydrogen) atoms. The number of amidine groups is 1. The van der Waals surface area contributed by atoms with Gasteiger partial charge in [-0.15, -0.1) is 0 Å². The Morgan fingerprint density at radius 1 is 1.33 bits per heavy atom. The number of hydrogen-bond acceptors (Lipinski definition) is 3. The highest BCUT2D eigenvalue weighted by atomic mass is 79.9. The summed E-state index contributed by atoms with van der Waals surface area (Å²) in [7, 11) is 0. The van der Waals surface area contributed by atoms with Crippen LogP contribution in [-0.2, 0) is 0 Å². The van der Waals surface area contributed by atoms with Gasteiger partial charge in [0.25, 0.3) is 0 Å². The lowest BCUT2D eigenvalue weighted by molar-refractivity contribution is 0.462. The van der Waals surface area contributed by atoms with Crippen molar-refractivity contribution in [3.8, 4) is 11.6 Å². The lowest BCUT2D eigenvalue weighted by Gasteiger charge is -2.07. The van der Waals surface area contributed by atoms with Crippen molar-refractivity contribution in [3.63, 3.8) is 0 Å². The van der Waals surface area contributed by atoms with E-state index >= 15 is 0 Å². The van der Waals surface area contributed by atoms with Crippen molar-refractivity contribution in [2.24, 2.45) is 5.73 Å². The third-order valence-electron chi connectivity index (χ3n) is 2.40. The molecule has 0 saturated heterocycles. The van der Waals surface area contributed by atoms with E-state index in [1.54, 1.807) is 18.3 Å². The van der Waals surface area contributed by atoms with Crippen LogP contribution in [0, 0.1) is 12.3 Å². The maximum absolute atomic E-state index is 7.36. The molecular formula is C13H12BrN3O. The Labute approximate surface area is 113 Å². The number of ether oxygens (including phenoxy) is 1. The number of nitrogens with zero attached hydrogens (tertiary/aromatic N) is 1. The number of nitrogen functional groups attached to an aromatic ring is 1. The SMILES string of the molecule is Cc1cc(Oc2cc(C(=N)N)ccn2)ccc1Br. The van der Waals surface area contributed by atoms with Crippen molar-refractivity contribution in [3.05, 3.63) is 52.1 Å². The summed E-state index contributed by atoms with van der Waals surface area (Å²) in [6.07, 6.45) is 1.57. The second-order valence-corrected chi connectivity index (χ2v) is 4.66. The molecule has 92 valence electrons. The quantitative estimate of drug-likeness (QED) is 0.675. The third kappa shape index (κ3) is 2.87. The molecule has 2 aromatic rings. The minimum absolute atomic E-state index is 0.00534. The first-order valence-corrected chi connectivity index (χ1v) is 6.10. The van der Waals surface area contributed by atoms with Crippen LogP contribution < -0.4 is 10.5 Å². The fourth-order valence-electron chi connectivity index (χ4n) is 1.43. The van der Waals surface area contributed by atoms with E-state index in [0.29, 0.717) is 17.2 Å². The van der Waals surface area contributed by atoms with Gasteiger partial charge in [-0.3, -0.25) is 5.41 Å². The van der Waals surface area contributed by atoms with Crippen LogP contribution in [0.3, 0.4) is 0 Å². The lowest BCUT2D eigenvalue weighted by Crippen LogP contribution is -2.11. The molecule has 0 amide bonds. The largest absolute Gasteiger partial charge is 0.439 e. The zero-order valence-electron chi connectivity index (χ0n) is 9.77. The minimum Gasteiger partial charge on any atom is -0.439 e. The number of pyridine rings is 1. The van der Waals surface area contributed by atoms with Gasteiger partial charge >= 0.3 is 0 Å². The Morgan fingerprint density at radius 2 is 2.11 bits per heavy atom. The van der Waals surface area contributed by atoms with Gasteiger partial charge in [0.15, 0.2) is 0 Å². The maximum Gasteiger partial charge on any atom is 0.219 e. The maximum atomic E-state index is 7.36. The van der Waals surface area contributed by atoms with Crippen LogP contribution >= 0.6 is 15.9 Å². The third-order valence-corrected chi connectivity index (χ3v) is 3.29. The summed E-state index contributed by atoms with van der Waals surface area (Å²) in [6, 6.07) is 8.98. The minimum atomic E-state index is -0.00534. The number of hydrogen-bond donors (Lipinski definition) is 2. The Kier molecular flexibility index (Phi) is 3.62. The number of nitrogens with one attached hydrogen (secondary N) is 1. The summed E-state index contributed by atoms with van der Waals surface area (Å²) in [5.74, 6) is 1.11. The Morgan fingerprint density at radius 3 is 2.78 bits per heavy atom. The van der Waals surface area contributed by atoms with Gasteiger partial charge in [0, 0.05) is 22.3 Å². The summed E-state index contributed by atoms with van der Waals surface area (Å²) in [5, 5.41) is 7.36. The summed E-state index contributed by atoms with van der Waals surface area (Å²) < 4.78 is 6.65. The number of rotatable bonds is 3. The van der Waals surface area contributed by atoms with E-state index in [4.69, 9.17) is 15.9 Å².